The van der Waals surface area contributed by atoms with E-state index >= 15 is 0 Å². The van der Waals surface area contributed by atoms with Crippen molar-refractivity contribution in [2.75, 3.05) is 23.7 Å². The van der Waals surface area contributed by atoms with Gasteiger partial charge in [-0.25, -0.2) is 13.2 Å². The number of rotatable bonds is 3. The third-order valence-corrected chi connectivity index (χ3v) is 4.12. The Morgan fingerprint density at radius 2 is 2.25 bits per heavy atom. The summed E-state index contributed by atoms with van der Waals surface area (Å²) in [5, 5.41) is 0.385. The molecule has 0 aliphatic carbocycles. The number of hydrogen-bond acceptors (Lipinski definition) is 5. The number of esters is 1. The van der Waals surface area contributed by atoms with Crippen molar-refractivity contribution in [3.63, 3.8) is 0 Å². The molecule has 0 N–H and O–H groups in total. The van der Waals surface area contributed by atoms with E-state index in [4.69, 9.17) is 21.1 Å². The van der Waals surface area contributed by atoms with Gasteiger partial charge in [0.1, 0.15) is 5.75 Å². The molecule has 0 radical (unpaired) electrons. The fourth-order valence-electron chi connectivity index (χ4n) is 1.90. The fraction of sp³-hybridized carbons (Fsp3) is 0.417. The minimum Gasteiger partial charge on any atom is -0.475 e. The minimum absolute atomic E-state index is 0.134. The van der Waals surface area contributed by atoms with Gasteiger partial charge in [0.25, 0.3) is 0 Å². The molecular weight excluding hydrogens is 306 g/mol. The van der Waals surface area contributed by atoms with E-state index in [0.29, 0.717) is 10.7 Å². The Labute approximate surface area is 122 Å². The van der Waals surface area contributed by atoms with Gasteiger partial charge in [0.05, 0.1) is 25.1 Å². The number of benzene rings is 1. The highest BCUT2D eigenvalue weighted by molar-refractivity contribution is 7.92. The lowest BCUT2D eigenvalue weighted by Gasteiger charge is -2.33. The van der Waals surface area contributed by atoms with Gasteiger partial charge in [-0.05, 0) is 25.1 Å². The van der Waals surface area contributed by atoms with E-state index in [1.54, 1.807) is 13.0 Å². The Balaban J connectivity index is 2.42. The largest absolute Gasteiger partial charge is 0.475 e. The molecule has 20 heavy (non-hydrogen) atoms. The Hall–Kier alpha value is -1.47. The highest BCUT2D eigenvalue weighted by Gasteiger charge is 2.35. The SMILES string of the molecule is CCOC(=O)[C@@H]1CN(S(C)(=O)=O)c2cc(Cl)ccc2O1. The van der Waals surface area contributed by atoms with Crippen LogP contribution in [0.5, 0.6) is 5.75 Å². The Morgan fingerprint density at radius 3 is 2.85 bits per heavy atom. The number of carbonyl (C=O) groups excluding carboxylic acids is 1. The molecule has 1 aromatic carbocycles. The lowest BCUT2D eigenvalue weighted by molar-refractivity contribution is -0.151. The first-order valence-corrected chi connectivity index (χ1v) is 8.16. The van der Waals surface area contributed by atoms with Crippen LogP contribution in [0.25, 0.3) is 0 Å². The van der Waals surface area contributed by atoms with Crippen LogP contribution in [0.3, 0.4) is 0 Å². The molecule has 1 atom stereocenters. The molecule has 0 amide bonds. The van der Waals surface area contributed by atoms with Crippen LogP contribution in [0.4, 0.5) is 5.69 Å². The maximum atomic E-state index is 11.9. The average molecular weight is 320 g/mol. The highest BCUT2D eigenvalue weighted by atomic mass is 35.5. The van der Waals surface area contributed by atoms with Gasteiger partial charge in [-0.3, -0.25) is 4.31 Å². The summed E-state index contributed by atoms with van der Waals surface area (Å²) >= 11 is 5.87. The summed E-state index contributed by atoms with van der Waals surface area (Å²) < 4.78 is 35.2. The lowest BCUT2D eigenvalue weighted by Crippen LogP contribution is -2.47. The zero-order chi connectivity index (χ0) is 14.9. The van der Waals surface area contributed by atoms with Crippen molar-refractivity contribution in [3.05, 3.63) is 23.2 Å². The van der Waals surface area contributed by atoms with Gasteiger partial charge < -0.3 is 9.47 Å². The average Bonchev–Trinajstić information content (AvgIpc) is 2.36. The van der Waals surface area contributed by atoms with E-state index in [-0.39, 0.29) is 18.9 Å². The monoisotopic (exact) mass is 319 g/mol. The smallest absolute Gasteiger partial charge is 0.349 e. The van der Waals surface area contributed by atoms with Crippen LogP contribution >= 0.6 is 11.6 Å². The Kier molecular flexibility index (Phi) is 4.10. The number of halogens is 1. The summed E-state index contributed by atoms with van der Waals surface area (Å²) in [5.74, 6) is -0.314. The first-order chi connectivity index (χ1) is 9.32. The molecule has 1 aliphatic heterocycles. The normalized spacial score (nSPS) is 18.1. The van der Waals surface area contributed by atoms with Gasteiger partial charge in [0.2, 0.25) is 16.1 Å². The van der Waals surface area contributed by atoms with Crippen LogP contribution in [0.1, 0.15) is 6.92 Å². The van der Waals surface area contributed by atoms with Gasteiger partial charge in [0.15, 0.2) is 0 Å². The molecule has 0 fully saturated rings. The van der Waals surface area contributed by atoms with Crippen molar-refractivity contribution in [1.82, 2.24) is 0 Å². The zero-order valence-corrected chi connectivity index (χ0v) is 12.6. The second-order valence-corrected chi connectivity index (χ2v) is 6.61. The maximum Gasteiger partial charge on any atom is 0.349 e. The van der Waals surface area contributed by atoms with Crippen molar-refractivity contribution in [2.45, 2.75) is 13.0 Å². The molecule has 0 saturated heterocycles. The number of nitrogens with zero attached hydrogens (tertiary/aromatic N) is 1. The first kappa shape index (κ1) is 14.9. The van der Waals surface area contributed by atoms with Crippen molar-refractivity contribution >= 4 is 33.3 Å². The molecule has 8 heteroatoms. The molecule has 110 valence electrons. The van der Waals surface area contributed by atoms with Crippen LogP contribution in [0, 0.1) is 0 Å². The van der Waals surface area contributed by atoms with Crippen molar-refractivity contribution in [1.29, 1.82) is 0 Å². The zero-order valence-electron chi connectivity index (χ0n) is 11.0. The number of carbonyl (C=O) groups is 1. The van der Waals surface area contributed by atoms with Gasteiger partial charge in [-0.1, -0.05) is 11.6 Å². The second-order valence-electron chi connectivity index (χ2n) is 4.26. The number of sulfonamides is 1. The summed E-state index contributed by atoms with van der Waals surface area (Å²) in [6.45, 7) is 1.73. The van der Waals surface area contributed by atoms with Crippen LogP contribution in [0.15, 0.2) is 18.2 Å². The number of hydrogen-bond donors (Lipinski definition) is 0. The third-order valence-electron chi connectivity index (χ3n) is 2.74. The molecule has 0 unspecified atom stereocenters. The minimum atomic E-state index is -3.55. The molecule has 0 bridgehead atoms. The molecule has 0 spiro atoms. The van der Waals surface area contributed by atoms with E-state index < -0.39 is 22.1 Å². The van der Waals surface area contributed by atoms with Crippen molar-refractivity contribution in [2.24, 2.45) is 0 Å². The predicted molar refractivity (Wildman–Crippen MR) is 74.7 cm³/mol. The first-order valence-electron chi connectivity index (χ1n) is 5.93. The number of ether oxygens (including phenoxy) is 2. The summed E-state index contributed by atoms with van der Waals surface area (Å²) in [5.41, 5.74) is 0.320. The summed E-state index contributed by atoms with van der Waals surface area (Å²) in [6.07, 6.45) is 0.0731. The summed E-state index contributed by atoms with van der Waals surface area (Å²) in [4.78, 5) is 11.8. The van der Waals surface area contributed by atoms with E-state index in [1.165, 1.54) is 12.1 Å². The highest BCUT2D eigenvalue weighted by Crippen LogP contribution is 2.37. The molecule has 0 saturated carbocycles. The van der Waals surface area contributed by atoms with Crippen LogP contribution < -0.4 is 9.04 Å². The molecule has 1 aromatic rings. The van der Waals surface area contributed by atoms with Gasteiger partial charge >= 0.3 is 5.97 Å². The standard InChI is InChI=1S/C12H14ClNO5S/c1-3-18-12(15)11-7-14(20(2,16)17)9-6-8(13)4-5-10(9)19-11/h4-6,11H,3,7H2,1-2H3/t11-/m0/s1. The van der Waals surface area contributed by atoms with E-state index in [9.17, 15) is 13.2 Å². The quantitative estimate of drug-likeness (QED) is 0.788. The van der Waals surface area contributed by atoms with Crippen LogP contribution in [-0.2, 0) is 19.6 Å². The van der Waals surface area contributed by atoms with E-state index in [2.05, 4.69) is 0 Å². The molecule has 1 aliphatic rings. The summed E-state index contributed by atoms with van der Waals surface area (Å²) in [6, 6.07) is 4.58. The fourth-order valence-corrected chi connectivity index (χ4v) is 2.97. The molecule has 0 aromatic heterocycles. The van der Waals surface area contributed by atoms with Gasteiger partial charge in [-0.2, -0.15) is 0 Å². The van der Waals surface area contributed by atoms with Gasteiger partial charge in [0, 0.05) is 5.02 Å². The molecular formula is C12H14ClNO5S. The van der Waals surface area contributed by atoms with Gasteiger partial charge in [-0.15, -0.1) is 0 Å². The van der Waals surface area contributed by atoms with Crippen LogP contribution in [0.2, 0.25) is 5.02 Å². The predicted octanol–water partition coefficient (Wildman–Crippen LogP) is 1.43. The molecule has 6 nitrogen and oxygen atoms in total. The number of fused-ring (bicyclic) bond motifs is 1. The number of anilines is 1. The lowest BCUT2D eigenvalue weighted by atomic mass is 10.2. The van der Waals surface area contributed by atoms with E-state index in [0.717, 1.165) is 10.6 Å². The molecule has 1 heterocycles. The molecule has 2 rings (SSSR count). The Bertz CT molecular complexity index is 631. The summed E-state index contributed by atoms with van der Waals surface area (Å²) in [7, 11) is -3.55. The topological polar surface area (TPSA) is 72.9 Å². The Morgan fingerprint density at radius 1 is 1.55 bits per heavy atom. The maximum absolute atomic E-state index is 11.9. The van der Waals surface area contributed by atoms with Crippen molar-refractivity contribution < 1.29 is 22.7 Å². The third kappa shape index (κ3) is 2.99. The van der Waals surface area contributed by atoms with Crippen LogP contribution in [-0.4, -0.2) is 39.9 Å². The second kappa shape index (κ2) is 5.49. The van der Waals surface area contributed by atoms with E-state index in [1.807, 2.05) is 0 Å². The van der Waals surface area contributed by atoms with Crippen molar-refractivity contribution in [3.8, 4) is 5.75 Å².